The highest BCUT2D eigenvalue weighted by Gasteiger charge is 2.28. The number of sulfonamides is 1. The maximum atomic E-state index is 13.3. The zero-order chi connectivity index (χ0) is 19.3. The highest BCUT2D eigenvalue weighted by Crippen LogP contribution is 2.14. The largest absolute Gasteiger partial charge is 0.336 e. The lowest BCUT2D eigenvalue weighted by atomic mass is 10.1. The van der Waals surface area contributed by atoms with E-state index in [4.69, 9.17) is 0 Å². The second kappa shape index (κ2) is 8.63. The summed E-state index contributed by atoms with van der Waals surface area (Å²) in [6.45, 7) is 1.17. The van der Waals surface area contributed by atoms with Gasteiger partial charge in [-0.2, -0.15) is 4.31 Å². The predicted octanol–water partition coefficient (Wildman–Crippen LogP) is 2.55. The number of aryl methyl sites for hydroxylation is 1. The van der Waals surface area contributed by atoms with Crippen LogP contribution in [0, 0.1) is 5.82 Å². The van der Waals surface area contributed by atoms with Gasteiger partial charge in [-0.25, -0.2) is 12.8 Å². The monoisotopic (exact) mass is 390 g/mol. The Balaban J connectivity index is 1.51. The molecule has 0 spiro atoms. The van der Waals surface area contributed by atoms with Crippen molar-refractivity contribution < 1.29 is 17.6 Å². The quantitative estimate of drug-likeness (QED) is 0.762. The first-order valence-corrected chi connectivity index (χ1v) is 10.6. The van der Waals surface area contributed by atoms with Crippen molar-refractivity contribution in [3.8, 4) is 0 Å². The number of amides is 1. The van der Waals surface area contributed by atoms with Crippen molar-refractivity contribution in [3.05, 3.63) is 71.5 Å². The van der Waals surface area contributed by atoms with E-state index < -0.39 is 15.8 Å². The van der Waals surface area contributed by atoms with Crippen LogP contribution >= 0.6 is 0 Å². The smallest absolute Gasteiger partial charge is 0.254 e. The minimum Gasteiger partial charge on any atom is -0.336 e. The van der Waals surface area contributed by atoms with Gasteiger partial charge < -0.3 is 4.90 Å². The number of carbonyl (C=O) groups is 1. The van der Waals surface area contributed by atoms with Crippen LogP contribution in [-0.2, 0) is 16.4 Å². The van der Waals surface area contributed by atoms with E-state index >= 15 is 0 Å². The molecule has 0 bridgehead atoms. The summed E-state index contributed by atoms with van der Waals surface area (Å²) in [5.74, 6) is -0.629. The van der Waals surface area contributed by atoms with Crippen LogP contribution in [0.15, 0.2) is 54.6 Å². The SMILES string of the molecule is O=C(c1cccc(F)c1)N1CCN(S(=O)(=O)CCCc2ccccc2)CC1. The number of halogens is 1. The van der Waals surface area contributed by atoms with Crippen molar-refractivity contribution in [3.63, 3.8) is 0 Å². The van der Waals surface area contributed by atoms with E-state index in [0.717, 1.165) is 12.0 Å². The Hall–Kier alpha value is -2.25. The molecule has 0 saturated carbocycles. The van der Waals surface area contributed by atoms with Gasteiger partial charge in [0.05, 0.1) is 5.75 Å². The fraction of sp³-hybridized carbons (Fsp3) is 0.350. The van der Waals surface area contributed by atoms with Crippen LogP contribution in [0.4, 0.5) is 4.39 Å². The highest BCUT2D eigenvalue weighted by molar-refractivity contribution is 7.89. The molecule has 1 amide bonds. The average Bonchev–Trinajstić information content (AvgIpc) is 2.68. The standard InChI is InChI=1S/C20H23FN2O3S/c21-19-10-4-9-18(16-19)20(24)22-11-13-23(14-12-22)27(25,26)15-5-8-17-6-2-1-3-7-17/h1-4,6-7,9-10,16H,5,8,11-15H2. The molecular formula is C20H23FN2O3S. The van der Waals surface area contributed by atoms with Gasteiger partial charge in [-0.1, -0.05) is 36.4 Å². The molecule has 1 saturated heterocycles. The van der Waals surface area contributed by atoms with Crippen LogP contribution in [0.3, 0.4) is 0 Å². The molecule has 0 N–H and O–H groups in total. The molecule has 0 atom stereocenters. The molecular weight excluding hydrogens is 367 g/mol. The molecule has 7 heteroatoms. The molecule has 5 nitrogen and oxygen atoms in total. The van der Waals surface area contributed by atoms with Crippen molar-refractivity contribution in [1.82, 2.24) is 9.21 Å². The Kier molecular flexibility index (Phi) is 6.23. The average molecular weight is 390 g/mol. The first-order valence-electron chi connectivity index (χ1n) is 9.02. The van der Waals surface area contributed by atoms with Gasteiger partial charge in [-0.05, 0) is 36.6 Å². The van der Waals surface area contributed by atoms with Gasteiger partial charge >= 0.3 is 0 Å². The number of rotatable bonds is 6. The van der Waals surface area contributed by atoms with E-state index in [1.54, 1.807) is 11.0 Å². The lowest BCUT2D eigenvalue weighted by Gasteiger charge is -2.34. The summed E-state index contributed by atoms with van der Waals surface area (Å²) in [7, 11) is -3.34. The fourth-order valence-electron chi connectivity index (χ4n) is 3.21. The lowest BCUT2D eigenvalue weighted by Crippen LogP contribution is -2.51. The number of benzene rings is 2. The molecule has 1 fully saturated rings. The van der Waals surface area contributed by atoms with E-state index in [1.807, 2.05) is 30.3 Å². The third-order valence-electron chi connectivity index (χ3n) is 4.70. The summed E-state index contributed by atoms with van der Waals surface area (Å²) >= 11 is 0. The summed E-state index contributed by atoms with van der Waals surface area (Å²) in [6, 6.07) is 15.4. The van der Waals surface area contributed by atoms with Crippen molar-refractivity contribution in [1.29, 1.82) is 0 Å². The van der Waals surface area contributed by atoms with E-state index in [-0.39, 0.29) is 30.3 Å². The van der Waals surface area contributed by atoms with Crippen molar-refractivity contribution >= 4 is 15.9 Å². The van der Waals surface area contributed by atoms with Gasteiger partial charge in [0.2, 0.25) is 10.0 Å². The molecule has 0 aliphatic carbocycles. The normalized spacial score (nSPS) is 15.7. The molecule has 2 aromatic carbocycles. The molecule has 1 aliphatic rings. The Morgan fingerprint density at radius 1 is 0.963 bits per heavy atom. The Morgan fingerprint density at radius 2 is 1.67 bits per heavy atom. The zero-order valence-electron chi connectivity index (χ0n) is 15.1. The minimum absolute atomic E-state index is 0.0970. The van der Waals surface area contributed by atoms with Crippen LogP contribution in [0.1, 0.15) is 22.3 Å². The first kappa shape index (κ1) is 19.5. The second-order valence-electron chi connectivity index (χ2n) is 6.61. The summed E-state index contributed by atoms with van der Waals surface area (Å²) < 4.78 is 39.8. The highest BCUT2D eigenvalue weighted by atomic mass is 32.2. The summed E-state index contributed by atoms with van der Waals surface area (Å²) in [6.07, 6.45) is 1.28. The molecule has 1 heterocycles. The number of hydrogen-bond donors (Lipinski definition) is 0. The van der Waals surface area contributed by atoms with Gasteiger partial charge in [-0.3, -0.25) is 4.79 Å². The van der Waals surface area contributed by atoms with Gasteiger partial charge in [0, 0.05) is 31.7 Å². The molecule has 1 aliphatic heterocycles. The van der Waals surface area contributed by atoms with Crippen LogP contribution in [-0.4, -0.2) is 55.5 Å². The number of piperazine rings is 1. The Bertz CT molecular complexity index is 879. The Morgan fingerprint density at radius 3 is 2.33 bits per heavy atom. The minimum atomic E-state index is -3.34. The Labute approximate surface area is 159 Å². The van der Waals surface area contributed by atoms with E-state index in [2.05, 4.69) is 0 Å². The summed E-state index contributed by atoms with van der Waals surface area (Å²) in [4.78, 5) is 14.0. The van der Waals surface area contributed by atoms with E-state index in [0.29, 0.717) is 19.5 Å². The number of nitrogens with zero attached hydrogens (tertiary/aromatic N) is 2. The van der Waals surface area contributed by atoms with Crippen molar-refractivity contribution in [2.24, 2.45) is 0 Å². The first-order chi connectivity index (χ1) is 13.0. The third kappa shape index (κ3) is 5.14. The van der Waals surface area contributed by atoms with Gasteiger partial charge in [0.1, 0.15) is 5.82 Å². The van der Waals surface area contributed by atoms with Crippen LogP contribution < -0.4 is 0 Å². The molecule has 3 rings (SSSR count). The van der Waals surface area contributed by atoms with Crippen molar-refractivity contribution in [2.75, 3.05) is 31.9 Å². The summed E-state index contributed by atoms with van der Waals surface area (Å²) in [5.41, 5.74) is 1.41. The van der Waals surface area contributed by atoms with Gasteiger partial charge in [0.25, 0.3) is 5.91 Å². The third-order valence-corrected chi connectivity index (χ3v) is 6.66. The van der Waals surface area contributed by atoms with Gasteiger partial charge in [0.15, 0.2) is 0 Å². The number of hydrogen-bond acceptors (Lipinski definition) is 3. The maximum Gasteiger partial charge on any atom is 0.254 e. The molecule has 0 aromatic heterocycles. The van der Waals surface area contributed by atoms with Crippen LogP contribution in [0.25, 0.3) is 0 Å². The fourth-order valence-corrected chi connectivity index (χ4v) is 4.69. The molecule has 2 aromatic rings. The van der Waals surface area contributed by atoms with E-state index in [1.165, 1.54) is 22.5 Å². The molecule has 0 radical (unpaired) electrons. The van der Waals surface area contributed by atoms with Crippen LogP contribution in [0.2, 0.25) is 0 Å². The van der Waals surface area contributed by atoms with Crippen LogP contribution in [0.5, 0.6) is 0 Å². The zero-order valence-corrected chi connectivity index (χ0v) is 15.9. The van der Waals surface area contributed by atoms with E-state index in [9.17, 15) is 17.6 Å². The molecule has 144 valence electrons. The predicted molar refractivity (Wildman–Crippen MR) is 102 cm³/mol. The molecule has 27 heavy (non-hydrogen) atoms. The topological polar surface area (TPSA) is 57.7 Å². The summed E-state index contributed by atoms with van der Waals surface area (Å²) in [5, 5.41) is 0. The van der Waals surface area contributed by atoms with Gasteiger partial charge in [-0.15, -0.1) is 0 Å². The second-order valence-corrected chi connectivity index (χ2v) is 8.70. The number of carbonyl (C=O) groups excluding carboxylic acids is 1. The molecule has 0 unspecified atom stereocenters. The lowest BCUT2D eigenvalue weighted by molar-refractivity contribution is 0.0697. The maximum absolute atomic E-state index is 13.3. The van der Waals surface area contributed by atoms with Crippen molar-refractivity contribution in [2.45, 2.75) is 12.8 Å².